The molecule has 140 valence electrons. The Morgan fingerprint density at radius 3 is 2.77 bits per heavy atom. The summed E-state index contributed by atoms with van der Waals surface area (Å²) in [5.41, 5.74) is 8.09. The van der Waals surface area contributed by atoms with Crippen LogP contribution in [-0.4, -0.2) is 13.1 Å². The van der Waals surface area contributed by atoms with E-state index in [4.69, 9.17) is 22.1 Å². The van der Waals surface area contributed by atoms with Crippen LogP contribution in [0.4, 0.5) is 0 Å². The second kappa shape index (κ2) is 9.75. The highest BCUT2D eigenvalue weighted by molar-refractivity contribution is 9.10. The number of nitrogens with two attached hydrogens (primary N) is 1. The van der Waals surface area contributed by atoms with Crippen molar-refractivity contribution < 1.29 is 4.74 Å². The van der Waals surface area contributed by atoms with Crippen molar-refractivity contribution in [3.8, 4) is 5.75 Å². The Kier molecular flexibility index (Phi) is 7.38. The van der Waals surface area contributed by atoms with Crippen molar-refractivity contribution in [2.24, 2.45) is 17.6 Å². The van der Waals surface area contributed by atoms with E-state index in [1.165, 1.54) is 24.8 Å². The molecule has 2 atom stereocenters. The van der Waals surface area contributed by atoms with E-state index in [9.17, 15) is 0 Å². The van der Waals surface area contributed by atoms with Crippen molar-refractivity contribution in [2.75, 3.05) is 13.1 Å². The number of ether oxygens (including phenoxy) is 1. The summed E-state index contributed by atoms with van der Waals surface area (Å²) in [5, 5.41) is 4.30. The highest BCUT2D eigenvalue weighted by Gasteiger charge is 2.22. The average molecular weight is 438 g/mol. The van der Waals surface area contributed by atoms with E-state index in [0.717, 1.165) is 47.3 Å². The summed E-state index contributed by atoms with van der Waals surface area (Å²) < 4.78 is 6.91. The van der Waals surface area contributed by atoms with Crippen molar-refractivity contribution in [2.45, 2.75) is 32.4 Å². The predicted molar refractivity (Wildman–Crippen MR) is 112 cm³/mol. The Morgan fingerprint density at radius 2 is 2.00 bits per heavy atom. The Labute approximate surface area is 169 Å². The molecule has 3 rings (SSSR count). The molecule has 3 nitrogen and oxygen atoms in total. The van der Waals surface area contributed by atoms with Gasteiger partial charge in [-0.3, -0.25) is 0 Å². The first-order chi connectivity index (χ1) is 12.6. The molecule has 0 aromatic heterocycles. The lowest BCUT2D eigenvalue weighted by atomic mass is 10.1. The molecule has 2 unspecified atom stereocenters. The smallest absolute Gasteiger partial charge is 0.120 e. The van der Waals surface area contributed by atoms with Gasteiger partial charge >= 0.3 is 0 Å². The fourth-order valence-electron chi connectivity index (χ4n) is 3.54. The zero-order chi connectivity index (χ0) is 18.4. The van der Waals surface area contributed by atoms with Gasteiger partial charge in [0.25, 0.3) is 0 Å². The van der Waals surface area contributed by atoms with Crippen molar-refractivity contribution >= 4 is 27.5 Å². The number of rotatable bonds is 8. The number of hydrogen-bond donors (Lipinski definition) is 2. The second-order valence-corrected chi connectivity index (χ2v) is 8.37. The molecule has 0 radical (unpaired) electrons. The molecule has 5 heteroatoms. The molecule has 3 N–H and O–H groups in total. The van der Waals surface area contributed by atoms with Gasteiger partial charge in [0.15, 0.2) is 0 Å². The SMILES string of the molecule is NCC1CCC(CNCc2cccc(OCc3ccc(Cl)cc3Br)c2)C1. The Balaban J connectivity index is 1.47. The van der Waals surface area contributed by atoms with Crippen LogP contribution in [-0.2, 0) is 13.2 Å². The molecule has 0 saturated heterocycles. The van der Waals surface area contributed by atoms with Gasteiger partial charge in [-0.1, -0.05) is 45.7 Å². The van der Waals surface area contributed by atoms with Crippen LogP contribution in [0.25, 0.3) is 0 Å². The molecule has 2 aromatic rings. The van der Waals surface area contributed by atoms with Crippen LogP contribution in [0.3, 0.4) is 0 Å². The van der Waals surface area contributed by atoms with Gasteiger partial charge in [-0.05, 0) is 74.0 Å². The maximum Gasteiger partial charge on any atom is 0.120 e. The molecule has 1 saturated carbocycles. The largest absolute Gasteiger partial charge is 0.489 e. The van der Waals surface area contributed by atoms with E-state index in [1.54, 1.807) is 0 Å². The van der Waals surface area contributed by atoms with Crippen molar-refractivity contribution in [3.05, 3.63) is 63.1 Å². The van der Waals surface area contributed by atoms with Crippen LogP contribution in [0.1, 0.15) is 30.4 Å². The van der Waals surface area contributed by atoms with E-state index < -0.39 is 0 Å². The summed E-state index contributed by atoms with van der Waals surface area (Å²) in [4.78, 5) is 0. The first-order valence-corrected chi connectivity index (χ1v) is 10.4. The first kappa shape index (κ1) is 19.7. The third-order valence-corrected chi connectivity index (χ3v) is 6.03. The molecular formula is C21H26BrClN2O. The third kappa shape index (κ3) is 5.71. The van der Waals surface area contributed by atoms with E-state index in [0.29, 0.717) is 11.6 Å². The molecule has 1 aliphatic carbocycles. The maximum atomic E-state index is 5.98. The van der Waals surface area contributed by atoms with E-state index in [2.05, 4.69) is 33.4 Å². The van der Waals surface area contributed by atoms with E-state index in [-0.39, 0.29) is 0 Å². The van der Waals surface area contributed by atoms with Crippen molar-refractivity contribution in [3.63, 3.8) is 0 Å². The standard InChI is InChI=1S/C21H26BrClN2O/c22-21-10-19(23)7-6-18(21)14-26-20-3-1-2-16(9-20)12-25-13-17-5-4-15(8-17)11-24/h1-3,6-7,9-10,15,17,25H,4-5,8,11-14,24H2. The third-order valence-electron chi connectivity index (χ3n) is 5.05. The minimum absolute atomic E-state index is 0.511. The van der Waals surface area contributed by atoms with Crippen LogP contribution in [0, 0.1) is 11.8 Å². The van der Waals surface area contributed by atoms with Gasteiger partial charge in [0, 0.05) is 21.6 Å². The number of hydrogen-bond acceptors (Lipinski definition) is 3. The van der Waals surface area contributed by atoms with Crippen LogP contribution in [0.15, 0.2) is 46.9 Å². The summed E-state index contributed by atoms with van der Waals surface area (Å²) in [7, 11) is 0. The van der Waals surface area contributed by atoms with Gasteiger partial charge in [0.05, 0.1) is 0 Å². The lowest BCUT2D eigenvalue weighted by Crippen LogP contribution is -2.21. The van der Waals surface area contributed by atoms with Gasteiger partial charge in [0.2, 0.25) is 0 Å². The minimum Gasteiger partial charge on any atom is -0.489 e. The van der Waals surface area contributed by atoms with Crippen LogP contribution in [0.2, 0.25) is 5.02 Å². The Morgan fingerprint density at radius 1 is 1.15 bits per heavy atom. The van der Waals surface area contributed by atoms with Crippen LogP contribution in [0.5, 0.6) is 5.75 Å². The fourth-order valence-corrected chi connectivity index (χ4v) is 4.34. The van der Waals surface area contributed by atoms with Crippen LogP contribution >= 0.6 is 27.5 Å². The topological polar surface area (TPSA) is 47.3 Å². The fraction of sp³-hybridized carbons (Fsp3) is 0.429. The monoisotopic (exact) mass is 436 g/mol. The number of halogens is 2. The minimum atomic E-state index is 0.511. The highest BCUT2D eigenvalue weighted by Crippen LogP contribution is 2.29. The molecule has 0 aliphatic heterocycles. The van der Waals surface area contributed by atoms with Gasteiger partial charge in [-0.2, -0.15) is 0 Å². The lowest BCUT2D eigenvalue weighted by Gasteiger charge is -2.13. The average Bonchev–Trinajstić information content (AvgIpc) is 3.09. The van der Waals surface area contributed by atoms with Gasteiger partial charge < -0.3 is 15.8 Å². The van der Waals surface area contributed by atoms with Gasteiger partial charge in [-0.25, -0.2) is 0 Å². The van der Waals surface area contributed by atoms with Crippen molar-refractivity contribution in [1.29, 1.82) is 0 Å². The molecule has 0 heterocycles. The predicted octanol–water partition coefficient (Wildman–Crippen LogP) is 5.15. The summed E-state index contributed by atoms with van der Waals surface area (Å²) >= 11 is 9.51. The summed E-state index contributed by atoms with van der Waals surface area (Å²) in [6, 6.07) is 14.0. The molecule has 0 spiro atoms. The van der Waals surface area contributed by atoms with Gasteiger partial charge in [-0.15, -0.1) is 0 Å². The normalized spacial score (nSPS) is 19.7. The molecule has 26 heavy (non-hydrogen) atoms. The molecule has 0 bridgehead atoms. The zero-order valence-corrected chi connectivity index (χ0v) is 17.2. The Hall–Kier alpha value is -1.07. The van der Waals surface area contributed by atoms with Crippen LogP contribution < -0.4 is 15.8 Å². The first-order valence-electron chi connectivity index (χ1n) is 9.20. The zero-order valence-electron chi connectivity index (χ0n) is 14.9. The molecular weight excluding hydrogens is 412 g/mol. The molecule has 2 aromatic carbocycles. The number of benzene rings is 2. The van der Waals surface area contributed by atoms with E-state index in [1.807, 2.05) is 30.3 Å². The maximum absolute atomic E-state index is 5.98. The quantitative estimate of drug-likeness (QED) is 0.600. The molecule has 1 aliphatic rings. The lowest BCUT2D eigenvalue weighted by molar-refractivity contribution is 0.305. The van der Waals surface area contributed by atoms with Gasteiger partial charge in [0.1, 0.15) is 12.4 Å². The number of nitrogens with one attached hydrogen (secondary N) is 1. The second-order valence-electron chi connectivity index (χ2n) is 7.08. The summed E-state index contributed by atoms with van der Waals surface area (Å²) in [6.45, 7) is 3.28. The summed E-state index contributed by atoms with van der Waals surface area (Å²) in [6.07, 6.45) is 3.85. The molecule has 1 fully saturated rings. The molecule has 0 amide bonds. The summed E-state index contributed by atoms with van der Waals surface area (Å²) in [5.74, 6) is 2.38. The Bertz CT molecular complexity index is 725. The van der Waals surface area contributed by atoms with E-state index >= 15 is 0 Å². The highest BCUT2D eigenvalue weighted by atomic mass is 79.9. The van der Waals surface area contributed by atoms with Crippen molar-refractivity contribution in [1.82, 2.24) is 5.32 Å².